The highest BCUT2D eigenvalue weighted by Gasteiger charge is 2.39. The van der Waals surface area contributed by atoms with Gasteiger partial charge in [-0.25, -0.2) is 4.79 Å². The van der Waals surface area contributed by atoms with Gasteiger partial charge in [-0.15, -0.1) is 0 Å². The molecule has 2 unspecified atom stereocenters. The van der Waals surface area contributed by atoms with Gasteiger partial charge in [0.25, 0.3) is 5.91 Å². The summed E-state index contributed by atoms with van der Waals surface area (Å²) >= 11 is 0. The number of aliphatic carboxylic acids is 1. The summed E-state index contributed by atoms with van der Waals surface area (Å²) in [5.74, 6) is -1.50. The number of hydrogen-bond acceptors (Lipinski definition) is 4. The second kappa shape index (κ2) is 6.43. The maximum absolute atomic E-state index is 12.1. The summed E-state index contributed by atoms with van der Waals surface area (Å²) in [4.78, 5) is 36.2. The molecule has 2 heterocycles. The highest BCUT2D eigenvalue weighted by Crippen LogP contribution is 2.24. The first kappa shape index (κ1) is 15.1. The fourth-order valence-corrected chi connectivity index (χ4v) is 2.52. The van der Waals surface area contributed by atoms with Gasteiger partial charge >= 0.3 is 5.97 Å². The number of nitrogens with zero attached hydrogens (tertiary/aromatic N) is 1. The van der Waals surface area contributed by atoms with Crippen molar-refractivity contribution in [3.63, 3.8) is 0 Å². The molecular formula is C14H18N2O5. The van der Waals surface area contributed by atoms with E-state index < -0.39 is 17.9 Å². The van der Waals surface area contributed by atoms with Crippen LogP contribution in [0.15, 0.2) is 22.8 Å². The van der Waals surface area contributed by atoms with E-state index in [0.29, 0.717) is 13.0 Å². The Morgan fingerprint density at radius 1 is 1.48 bits per heavy atom. The van der Waals surface area contributed by atoms with Gasteiger partial charge < -0.3 is 19.7 Å². The van der Waals surface area contributed by atoms with Crippen molar-refractivity contribution in [2.45, 2.75) is 25.8 Å². The molecule has 0 aromatic carbocycles. The van der Waals surface area contributed by atoms with Gasteiger partial charge in [-0.05, 0) is 24.5 Å². The number of carboxylic acids is 1. The molecule has 0 aliphatic carbocycles. The summed E-state index contributed by atoms with van der Waals surface area (Å²) in [6.07, 6.45) is 2.15. The Bertz CT molecular complexity index is 525. The van der Waals surface area contributed by atoms with Gasteiger partial charge in [-0.3, -0.25) is 9.59 Å². The van der Waals surface area contributed by atoms with Gasteiger partial charge in [0.1, 0.15) is 6.04 Å². The Balaban J connectivity index is 1.82. The summed E-state index contributed by atoms with van der Waals surface area (Å²) in [6, 6.07) is 2.36. The first-order valence-corrected chi connectivity index (χ1v) is 6.84. The lowest BCUT2D eigenvalue weighted by molar-refractivity contribution is -0.149. The van der Waals surface area contributed by atoms with Crippen molar-refractivity contribution in [1.82, 2.24) is 10.2 Å². The Morgan fingerprint density at radius 2 is 2.24 bits per heavy atom. The molecule has 1 fully saturated rings. The summed E-state index contributed by atoms with van der Waals surface area (Å²) in [5, 5.41) is 11.7. The van der Waals surface area contributed by atoms with Crippen molar-refractivity contribution in [3.05, 3.63) is 24.2 Å². The largest absolute Gasteiger partial charge is 0.480 e. The molecule has 1 aliphatic rings. The lowest BCUT2D eigenvalue weighted by atomic mass is 10.0. The third kappa shape index (κ3) is 3.42. The van der Waals surface area contributed by atoms with E-state index in [-0.39, 0.29) is 30.6 Å². The molecule has 1 aromatic rings. The topological polar surface area (TPSA) is 99.9 Å². The van der Waals surface area contributed by atoms with Crippen LogP contribution >= 0.6 is 0 Å². The van der Waals surface area contributed by atoms with Gasteiger partial charge in [-0.1, -0.05) is 6.92 Å². The van der Waals surface area contributed by atoms with Crippen LogP contribution in [0.3, 0.4) is 0 Å². The maximum atomic E-state index is 12.1. The van der Waals surface area contributed by atoms with Gasteiger partial charge in [0.2, 0.25) is 5.91 Å². The van der Waals surface area contributed by atoms with E-state index >= 15 is 0 Å². The van der Waals surface area contributed by atoms with Crippen LogP contribution < -0.4 is 5.32 Å². The third-order valence-electron chi connectivity index (χ3n) is 3.64. The van der Waals surface area contributed by atoms with Crippen LogP contribution in [-0.2, 0) is 9.59 Å². The van der Waals surface area contributed by atoms with Gasteiger partial charge in [0.15, 0.2) is 5.76 Å². The van der Waals surface area contributed by atoms with E-state index in [1.54, 1.807) is 6.07 Å². The summed E-state index contributed by atoms with van der Waals surface area (Å²) in [7, 11) is 0. The summed E-state index contributed by atoms with van der Waals surface area (Å²) in [6.45, 7) is 2.42. The second-order valence-corrected chi connectivity index (χ2v) is 5.12. The number of likely N-dealkylation sites (tertiary alicyclic amines) is 1. The van der Waals surface area contributed by atoms with Crippen LogP contribution in [0.1, 0.15) is 30.3 Å². The molecule has 0 radical (unpaired) electrons. The molecule has 0 bridgehead atoms. The van der Waals surface area contributed by atoms with Crippen LogP contribution in [-0.4, -0.2) is 46.9 Å². The normalized spacial score (nSPS) is 21.3. The number of furan rings is 1. The molecule has 2 N–H and O–H groups in total. The number of rotatable bonds is 5. The summed E-state index contributed by atoms with van der Waals surface area (Å²) < 4.78 is 4.93. The molecule has 2 amide bonds. The van der Waals surface area contributed by atoms with Crippen molar-refractivity contribution in [1.29, 1.82) is 0 Å². The molecule has 0 saturated carbocycles. The zero-order valence-corrected chi connectivity index (χ0v) is 11.7. The number of carbonyl (C=O) groups is 3. The predicted molar refractivity (Wildman–Crippen MR) is 72.6 cm³/mol. The van der Waals surface area contributed by atoms with Crippen LogP contribution in [0.2, 0.25) is 0 Å². The lowest BCUT2D eigenvalue weighted by Gasteiger charge is -2.23. The van der Waals surface area contributed by atoms with Crippen molar-refractivity contribution in [2.75, 3.05) is 13.1 Å². The summed E-state index contributed by atoms with van der Waals surface area (Å²) in [5.41, 5.74) is 0. The van der Waals surface area contributed by atoms with E-state index in [4.69, 9.17) is 9.52 Å². The number of nitrogens with one attached hydrogen (secondary N) is 1. The first-order chi connectivity index (χ1) is 10.0. The highest BCUT2D eigenvalue weighted by atomic mass is 16.4. The Hall–Kier alpha value is -2.31. The Kier molecular flexibility index (Phi) is 4.62. The molecular weight excluding hydrogens is 276 g/mol. The molecule has 1 aliphatic heterocycles. The number of amides is 2. The molecule has 2 rings (SSSR count). The van der Waals surface area contributed by atoms with E-state index in [1.807, 2.05) is 6.92 Å². The van der Waals surface area contributed by atoms with Crippen LogP contribution in [0.5, 0.6) is 0 Å². The first-order valence-electron chi connectivity index (χ1n) is 6.84. The van der Waals surface area contributed by atoms with Crippen molar-refractivity contribution in [3.8, 4) is 0 Å². The second-order valence-electron chi connectivity index (χ2n) is 5.12. The minimum atomic E-state index is -0.979. The van der Waals surface area contributed by atoms with Gasteiger partial charge in [0, 0.05) is 19.5 Å². The van der Waals surface area contributed by atoms with E-state index in [9.17, 15) is 14.4 Å². The van der Waals surface area contributed by atoms with E-state index in [2.05, 4.69) is 5.32 Å². The quantitative estimate of drug-likeness (QED) is 0.833. The highest BCUT2D eigenvalue weighted by molar-refractivity contribution is 5.91. The van der Waals surface area contributed by atoms with E-state index in [1.165, 1.54) is 17.2 Å². The minimum absolute atomic E-state index is 0.0517. The predicted octanol–water partition coefficient (Wildman–Crippen LogP) is 0.721. The van der Waals surface area contributed by atoms with Gasteiger partial charge in [0.05, 0.1) is 6.26 Å². The molecule has 0 spiro atoms. The molecule has 1 aromatic heterocycles. The van der Waals surface area contributed by atoms with Crippen LogP contribution in [0, 0.1) is 5.92 Å². The molecule has 7 heteroatoms. The lowest BCUT2D eigenvalue weighted by Crippen LogP contribution is -2.43. The number of carboxylic acid groups (broad SMARTS) is 1. The van der Waals surface area contributed by atoms with Crippen molar-refractivity contribution >= 4 is 17.8 Å². The Labute approximate surface area is 121 Å². The maximum Gasteiger partial charge on any atom is 0.326 e. The fraction of sp³-hybridized carbons (Fsp3) is 0.500. The number of hydrogen-bond donors (Lipinski definition) is 2. The Morgan fingerprint density at radius 3 is 2.86 bits per heavy atom. The minimum Gasteiger partial charge on any atom is -0.480 e. The zero-order chi connectivity index (χ0) is 15.4. The standard InChI is InChI=1S/C14H18N2O5/c1-9-5-7-16(12(9)14(19)20)11(17)4-6-15-13(18)10-3-2-8-21-10/h2-3,8-9,12H,4-7H2,1H3,(H,15,18)(H,19,20). The number of carbonyl (C=O) groups excluding carboxylic acids is 2. The average Bonchev–Trinajstić information content (AvgIpc) is 3.07. The third-order valence-corrected chi connectivity index (χ3v) is 3.64. The fourth-order valence-electron chi connectivity index (χ4n) is 2.52. The molecule has 21 heavy (non-hydrogen) atoms. The van der Waals surface area contributed by atoms with Crippen molar-refractivity contribution in [2.24, 2.45) is 5.92 Å². The van der Waals surface area contributed by atoms with Crippen LogP contribution in [0.25, 0.3) is 0 Å². The van der Waals surface area contributed by atoms with Crippen molar-refractivity contribution < 1.29 is 23.9 Å². The van der Waals surface area contributed by atoms with Gasteiger partial charge in [-0.2, -0.15) is 0 Å². The SMILES string of the molecule is CC1CCN(C(=O)CCNC(=O)c2ccco2)C1C(=O)O. The van der Waals surface area contributed by atoms with Crippen LogP contribution in [0.4, 0.5) is 0 Å². The molecule has 1 saturated heterocycles. The average molecular weight is 294 g/mol. The molecule has 7 nitrogen and oxygen atoms in total. The van der Waals surface area contributed by atoms with E-state index in [0.717, 1.165) is 0 Å². The molecule has 2 atom stereocenters. The molecule has 114 valence electrons. The monoisotopic (exact) mass is 294 g/mol. The zero-order valence-electron chi connectivity index (χ0n) is 11.7. The smallest absolute Gasteiger partial charge is 0.326 e.